The molecule has 0 bridgehead atoms. The van der Waals surface area contributed by atoms with E-state index in [9.17, 15) is 0 Å². The van der Waals surface area contributed by atoms with Crippen LogP contribution in [0.4, 0.5) is 0 Å². The summed E-state index contributed by atoms with van der Waals surface area (Å²) in [5.74, 6) is 1.81. The number of furan rings is 1. The molecule has 0 spiro atoms. The zero-order valence-corrected chi connectivity index (χ0v) is 12.8. The van der Waals surface area contributed by atoms with E-state index in [1.54, 1.807) is 6.26 Å². The lowest BCUT2D eigenvalue weighted by molar-refractivity contribution is 0.270. The predicted octanol–water partition coefficient (Wildman–Crippen LogP) is 3.85. The summed E-state index contributed by atoms with van der Waals surface area (Å²) in [6, 6.07) is 8.97. The van der Waals surface area contributed by atoms with Crippen molar-refractivity contribution < 1.29 is 9.15 Å². The molecule has 0 atom stereocenters. The highest BCUT2D eigenvalue weighted by Gasteiger charge is 2.11. The van der Waals surface area contributed by atoms with Crippen molar-refractivity contribution in [3.8, 4) is 5.75 Å². The molecule has 0 unspecified atom stereocenters. The molecule has 1 aliphatic rings. The zero-order valence-electron chi connectivity index (χ0n) is 12.8. The molecule has 0 radical (unpaired) electrons. The maximum absolute atomic E-state index is 5.84. The van der Waals surface area contributed by atoms with Gasteiger partial charge in [0, 0.05) is 18.2 Å². The number of hydrogen-bond acceptors (Lipinski definition) is 3. The third-order valence-corrected chi connectivity index (χ3v) is 3.87. The Kier molecular flexibility index (Phi) is 4.30. The number of fused-ring (bicyclic) bond motifs is 1. The number of nitrogens with one attached hydrogen (secondary N) is 1. The molecular weight excluding hydrogens is 262 g/mol. The molecule has 1 aliphatic carbocycles. The molecule has 0 saturated carbocycles. The van der Waals surface area contributed by atoms with E-state index in [4.69, 9.17) is 9.15 Å². The van der Waals surface area contributed by atoms with Gasteiger partial charge in [0.05, 0.1) is 6.26 Å². The van der Waals surface area contributed by atoms with Crippen LogP contribution in [0.5, 0.6) is 5.75 Å². The van der Waals surface area contributed by atoms with Crippen LogP contribution in [0.15, 0.2) is 34.9 Å². The minimum atomic E-state index is 0.478. The first kappa shape index (κ1) is 14.2. The minimum absolute atomic E-state index is 0.478. The summed E-state index contributed by atoms with van der Waals surface area (Å²) < 4.78 is 11.4. The monoisotopic (exact) mass is 285 g/mol. The van der Waals surface area contributed by atoms with Crippen LogP contribution in [0.1, 0.15) is 42.7 Å². The van der Waals surface area contributed by atoms with Crippen LogP contribution in [-0.4, -0.2) is 6.04 Å². The van der Waals surface area contributed by atoms with Crippen molar-refractivity contribution in [2.45, 2.75) is 52.3 Å². The normalized spacial score (nSPS) is 13.7. The van der Waals surface area contributed by atoms with Crippen molar-refractivity contribution in [1.82, 2.24) is 5.32 Å². The molecular formula is C18H23NO2. The summed E-state index contributed by atoms with van der Waals surface area (Å²) in [6.45, 7) is 5.59. The van der Waals surface area contributed by atoms with E-state index in [-0.39, 0.29) is 0 Å². The van der Waals surface area contributed by atoms with Crippen LogP contribution < -0.4 is 10.1 Å². The highest BCUT2D eigenvalue weighted by atomic mass is 16.5. The first-order valence-electron chi connectivity index (χ1n) is 7.75. The van der Waals surface area contributed by atoms with Gasteiger partial charge in [-0.1, -0.05) is 19.9 Å². The summed E-state index contributed by atoms with van der Waals surface area (Å²) in [5, 5.41) is 3.38. The smallest absolute Gasteiger partial charge is 0.146 e. The van der Waals surface area contributed by atoms with E-state index < -0.39 is 0 Å². The number of hydrogen-bond donors (Lipinski definition) is 1. The predicted molar refractivity (Wildman–Crippen MR) is 83.5 cm³/mol. The average Bonchev–Trinajstić information content (AvgIpc) is 3.11. The Morgan fingerprint density at radius 2 is 2.05 bits per heavy atom. The van der Waals surface area contributed by atoms with Gasteiger partial charge >= 0.3 is 0 Å². The van der Waals surface area contributed by atoms with Gasteiger partial charge in [0.2, 0.25) is 0 Å². The zero-order chi connectivity index (χ0) is 14.7. The Morgan fingerprint density at radius 1 is 1.19 bits per heavy atom. The van der Waals surface area contributed by atoms with Crippen molar-refractivity contribution in [3.63, 3.8) is 0 Å². The highest BCUT2D eigenvalue weighted by Crippen LogP contribution is 2.26. The molecule has 0 fully saturated rings. The summed E-state index contributed by atoms with van der Waals surface area (Å²) in [5.41, 5.74) is 4.08. The highest BCUT2D eigenvalue weighted by molar-refractivity contribution is 5.38. The fourth-order valence-electron chi connectivity index (χ4n) is 2.71. The van der Waals surface area contributed by atoms with Crippen molar-refractivity contribution in [2.75, 3.05) is 0 Å². The van der Waals surface area contributed by atoms with Crippen LogP contribution >= 0.6 is 0 Å². The first-order chi connectivity index (χ1) is 10.2. The molecule has 0 saturated heterocycles. The van der Waals surface area contributed by atoms with Crippen LogP contribution in [-0.2, 0) is 26.0 Å². The summed E-state index contributed by atoms with van der Waals surface area (Å²) in [7, 11) is 0. The van der Waals surface area contributed by atoms with Gasteiger partial charge in [0.25, 0.3) is 0 Å². The molecule has 1 heterocycles. The first-order valence-corrected chi connectivity index (χ1v) is 7.75. The third-order valence-electron chi connectivity index (χ3n) is 3.87. The van der Waals surface area contributed by atoms with Gasteiger partial charge in [0.1, 0.15) is 18.1 Å². The van der Waals surface area contributed by atoms with E-state index in [0.717, 1.165) is 23.6 Å². The topological polar surface area (TPSA) is 34.4 Å². The molecule has 2 aromatic rings. The maximum Gasteiger partial charge on any atom is 0.146 e. The average molecular weight is 285 g/mol. The number of rotatable bonds is 6. The number of aryl methyl sites for hydroxylation is 2. The standard InChI is InChI=1S/C18H23NO2/c1-13(2)19-10-14-8-18(20-11-14)12-21-17-7-6-15-4-3-5-16(15)9-17/h6-9,11,13,19H,3-5,10,12H2,1-2H3. The second kappa shape index (κ2) is 6.35. The van der Waals surface area contributed by atoms with Gasteiger partial charge in [-0.3, -0.25) is 0 Å². The number of ether oxygens (including phenoxy) is 1. The van der Waals surface area contributed by atoms with Crippen LogP contribution in [0.3, 0.4) is 0 Å². The van der Waals surface area contributed by atoms with E-state index in [0.29, 0.717) is 12.6 Å². The molecule has 1 aromatic heterocycles. The Balaban J connectivity index is 1.55. The second-order valence-corrected chi connectivity index (χ2v) is 6.03. The van der Waals surface area contributed by atoms with Crippen LogP contribution in [0.2, 0.25) is 0 Å². The molecule has 1 aromatic carbocycles. The van der Waals surface area contributed by atoms with Gasteiger partial charge in [-0.15, -0.1) is 0 Å². The quantitative estimate of drug-likeness (QED) is 0.875. The Bertz CT molecular complexity index is 601. The lowest BCUT2D eigenvalue weighted by atomic mass is 10.1. The summed E-state index contributed by atoms with van der Waals surface area (Å²) in [6.07, 6.45) is 5.46. The van der Waals surface area contributed by atoms with Gasteiger partial charge in [0.15, 0.2) is 0 Å². The molecule has 112 valence electrons. The fraction of sp³-hybridized carbons (Fsp3) is 0.444. The summed E-state index contributed by atoms with van der Waals surface area (Å²) >= 11 is 0. The molecule has 3 heteroatoms. The van der Waals surface area contributed by atoms with E-state index in [1.165, 1.54) is 30.4 Å². The SMILES string of the molecule is CC(C)NCc1coc(COc2ccc3c(c2)CCC3)c1. The lowest BCUT2D eigenvalue weighted by Gasteiger charge is -2.06. The van der Waals surface area contributed by atoms with Crippen molar-refractivity contribution >= 4 is 0 Å². The van der Waals surface area contributed by atoms with Gasteiger partial charge in [-0.25, -0.2) is 0 Å². The van der Waals surface area contributed by atoms with Gasteiger partial charge in [-0.2, -0.15) is 0 Å². The van der Waals surface area contributed by atoms with Crippen molar-refractivity contribution in [1.29, 1.82) is 0 Å². The lowest BCUT2D eigenvalue weighted by Crippen LogP contribution is -2.21. The van der Waals surface area contributed by atoms with Crippen molar-refractivity contribution in [3.05, 3.63) is 53.0 Å². The molecule has 21 heavy (non-hydrogen) atoms. The Morgan fingerprint density at radius 3 is 2.90 bits per heavy atom. The third kappa shape index (κ3) is 3.67. The molecule has 0 amide bonds. The fourth-order valence-corrected chi connectivity index (χ4v) is 2.71. The Hall–Kier alpha value is -1.74. The van der Waals surface area contributed by atoms with E-state index >= 15 is 0 Å². The van der Waals surface area contributed by atoms with E-state index in [1.807, 2.05) is 0 Å². The molecule has 1 N–H and O–H groups in total. The maximum atomic E-state index is 5.84. The minimum Gasteiger partial charge on any atom is -0.486 e. The second-order valence-electron chi connectivity index (χ2n) is 6.03. The molecule has 3 nitrogen and oxygen atoms in total. The molecule has 0 aliphatic heterocycles. The van der Waals surface area contributed by atoms with Crippen LogP contribution in [0, 0.1) is 0 Å². The Labute approximate surface area is 126 Å². The largest absolute Gasteiger partial charge is 0.486 e. The molecule has 3 rings (SSSR count). The van der Waals surface area contributed by atoms with Gasteiger partial charge in [-0.05, 0) is 48.6 Å². The summed E-state index contributed by atoms with van der Waals surface area (Å²) in [4.78, 5) is 0. The number of benzene rings is 1. The van der Waals surface area contributed by atoms with Crippen molar-refractivity contribution in [2.24, 2.45) is 0 Å². The van der Waals surface area contributed by atoms with Gasteiger partial charge < -0.3 is 14.5 Å². The van der Waals surface area contributed by atoms with Crippen LogP contribution in [0.25, 0.3) is 0 Å². The van der Waals surface area contributed by atoms with E-state index in [2.05, 4.69) is 43.4 Å².